The minimum absolute atomic E-state index is 0.111. The van der Waals surface area contributed by atoms with Crippen LogP contribution in [0.5, 0.6) is 0 Å². The fourth-order valence-corrected chi connectivity index (χ4v) is 3.20. The second-order valence-electron chi connectivity index (χ2n) is 6.66. The highest BCUT2D eigenvalue weighted by Crippen LogP contribution is 2.31. The molecule has 0 fully saturated rings. The summed E-state index contributed by atoms with van der Waals surface area (Å²) in [6.45, 7) is 9.70. The summed E-state index contributed by atoms with van der Waals surface area (Å²) in [5.74, 6) is 0. The lowest BCUT2D eigenvalue weighted by atomic mass is 10.0. The Labute approximate surface area is 127 Å². The molecule has 1 N–H and O–H groups in total. The molecule has 1 aliphatic heterocycles. The third-order valence-corrected chi connectivity index (χ3v) is 4.20. The summed E-state index contributed by atoms with van der Waals surface area (Å²) >= 11 is 0. The molecule has 2 heteroatoms. The van der Waals surface area contributed by atoms with E-state index in [1.807, 2.05) is 0 Å². The zero-order valence-corrected chi connectivity index (χ0v) is 13.2. The lowest BCUT2D eigenvalue weighted by molar-refractivity contribution is 0.395. The van der Waals surface area contributed by atoms with Crippen LogP contribution in [0.15, 0.2) is 48.5 Å². The van der Waals surface area contributed by atoms with E-state index in [0.717, 1.165) is 19.6 Å². The normalized spacial score (nSPS) is 17.2. The van der Waals surface area contributed by atoms with E-state index in [9.17, 15) is 0 Å². The minimum Gasteiger partial charge on any atom is -0.365 e. The molecule has 0 amide bonds. The molecular formula is C19H24N2. The first-order valence-electron chi connectivity index (χ1n) is 7.67. The second kappa shape index (κ2) is 5.53. The van der Waals surface area contributed by atoms with Gasteiger partial charge in [0.15, 0.2) is 0 Å². The quantitative estimate of drug-likeness (QED) is 0.898. The van der Waals surface area contributed by atoms with E-state index in [2.05, 4.69) is 79.5 Å². The van der Waals surface area contributed by atoms with Gasteiger partial charge in [0.05, 0.1) is 0 Å². The molecule has 2 aromatic carbocycles. The van der Waals surface area contributed by atoms with Crippen molar-refractivity contribution < 1.29 is 0 Å². The van der Waals surface area contributed by atoms with Crippen molar-refractivity contribution in [3.63, 3.8) is 0 Å². The highest BCUT2D eigenvalue weighted by molar-refractivity contribution is 5.60. The monoisotopic (exact) mass is 280 g/mol. The number of para-hydroxylation sites is 1. The van der Waals surface area contributed by atoms with Gasteiger partial charge in [0.2, 0.25) is 0 Å². The van der Waals surface area contributed by atoms with E-state index < -0.39 is 0 Å². The average molecular weight is 280 g/mol. The molecule has 1 heterocycles. The Morgan fingerprint density at radius 1 is 1.05 bits per heavy atom. The Kier molecular flexibility index (Phi) is 3.73. The van der Waals surface area contributed by atoms with Crippen molar-refractivity contribution in [2.24, 2.45) is 0 Å². The molecule has 0 unspecified atom stereocenters. The third-order valence-electron chi connectivity index (χ3n) is 4.20. The van der Waals surface area contributed by atoms with Crippen LogP contribution in [0.3, 0.4) is 0 Å². The number of nitrogens with one attached hydrogen (secondary N) is 1. The topological polar surface area (TPSA) is 15.3 Å². The maximum atomic E-state index is 3.68. The SMILES string of the molecule is Cc1cccc2c1N(Cc1ccccc1)CC(C)(C)NC2. The first-order chi connectivity index (χ1) is 10.1. The van der Waals surface area contributed by atoms with E-state index in [4.69, 9.17) is 0 Å². The van der Waals surface area contributed by atoms with Gasteiger partial charge in [0.25, 0.3) is 0 Å². The molecule has 0 atom stereocenters. The van der Waals surface area contributed by atoms with Crippen molar-refractivity contribution in [1.82, 2.24) is 5.32 Å². The molecule has 0 radical (unpaired) electrons. The van der Waals surface area contributed by atoms with Gasteiger partial charge in [-0.1, -0.05) is 48.5 Å². The summed E-state index contributed by atoms with van der Waals surface area (Å²) in [4.78, 5) is 2.53. The number of nitrogens with zero attached hydrogens (tertiary/aromatic N) is 1. The molecule has 1 aliphatic rings. The zero-order chi connectivity index (χ0) is 14.9. The summed E-state index contributed by atoms with van der Waals surface area (Å²) in [5.41, 5.74) is 5.64. The average Bonchev–Trinajstić information content (AvgIpc) is 2.57. The molecule has 2 aromatic rings. The van der Waals surface area contributed by atoms with Gasteiger partial charge in [0.1, 0.15) is 0 Å². The molecule has 2 nitrogen and oxygen atoms in total. The number of rotatable bonds is 2. The van der Waals surface area contributed by atoms with Crippen molar-refractivity contribution in [3.8, 4) is 0 Å². The van der Waals surface area contributed by atoms with Gasteiger partial charge < -0.3 is 10.2 Å². The van der Waals surface area contributed by atoms with E-state index in [1.165, 1.54) is 22.4 Å². The molecule has 110 valence electrons. The number of aryl methyl sites for hydroxylation is 1. The Morgan fingerprint density at radius 2 is 1.81 bits per heavy atom. The molecule has 0 saturated heterocycles. The fraction of sp³-hybridized carbons (Fsp3) is 0.368. The van der Waals surface area contributed by atoms with Crippen molar-refractivity contribution >= 4 is 5.69 Å². The number of benzene rings is 2. The molecule has 3 rings (SSSR count). The number of anilines is 1. The van der Waals surface area contributed by atoms with E-state index in [0.29, 0.717) is 0 Å². The van der Waals surface area contributed by atoms with Gasteiger partial charge in [-0.2, -0.15) is 0 Å². The largest absolute Gasteiger partial charge is 0.365 e. The summed E-state index contributed by atoms with van der Waals surface area (Å²) in [5, 5.41) is 3.68. The van der Waals surface area contributed by atoms with Gasteiger partial charge >= 0.3 is 0 Å². The summed E-state index contributed by atoms with van der Waals surface area (Å²) in [6.07, 6.45) is 0. The van der Waals surface area contributed by atoms with Gasteiger partial charge in [-0.3, -0.25) is 0 Å². The predicted molar refractivity (Wildman–Crippen MR) is 89.6 cm³/mol. The Bertz CT molecular complexity index is 617. The Hall–Kier alpha value is -1.80. The Morgan fingerprint density at radius 3 is 2.57 bits per heavy atom. The van der Waals surface area contributed by atoms with Gasteiger partial charge in [-0.15, -0.1) is 0 Å². The third kappa shape index (κ3) is 3.11. The summed E-state index contributed by atoms with van der Waals surface area (Å²) in [7, 11) is 0. The first kappa shape index (κ1) is 14.2. The lowest BCUT2D eigenvalue weighted by Crippen LogP contribution is -2.46. The van der Waals surface area contributed by atoms with Gasteiger partial charge in [-0.25, -0.2) is 0 Å². The van der Waals surface area contributed by atoms with Crippen molar-refractivity contribution in [2.75, 3.05) is 11.4 Å². The van der Waals surface area contributed by atoms with Crippen LogP contribution < -0.4 is 10.2 Å². The summed E-state index contributed by atoms with van der Waals surface area (Å²) < 4.78 is 0. The maximum Gasteiger partial charge on any atom is 0.0445 e. The van der Waals surface area contributed by atoms with E-state index >= 15 is 0 Å². The Balaban J connectivity index is 2.00. The van der Waals surface area contributed by atoms with Crippen molar-refractivity contribution in [1.29, 1.82) is 0 Å². The fourth-order valence-electron chi connectivity index (χ4n) is 3.20. The molecule has 0 spiro atoms. The smallest absolute Gasteiger partial charge is 0.0445 e. The number of hydrogen-bond donors (Lipinski definition) is 1. The molecule has 0 saturated carbocycles. The highest BCUT2D eigenvalue weighted by atomic mass is 15.2. The standard InChI is InChI=1S/C19H24N2/c1-15-8-7-11-17-12-20-19(2,3)14-21(18(15)17)13-16-9-5-4-6-10-16/h4-11,20H,12-14H2,1-3H3. The van der Waals surface area contributed by atoms with Crippen molar-refractivity contribution in [2.45, 2.75) is 39.4 Å². The lowest BCUT2D eigenvalue weighted by Gasteiger charge is -2.33. The van der Waals surface area contributed by atoms with Crippen LogP contribution in [-0.4, -0.2) is 12.1 Å². The highest BCUT2D eigenvalue weighted by Gasteiger charge is 2.27. The predicted octanol–water partition coefficient (Wildman–Crippen LogP) is 3.88. The van der Waals surface area contributed by atoms with Crippen LogP contribution in [0.2, 0.25) is 0 Å². The van der Waals surface area contributed by atoms with Crippen LogP contribution in [-0.2, 0) is 13.1 Å². The molecule has 0 aromatic heterocycles. The molecular weight excluding hydrogens is 256 g/mol. The molecule has 0 bridgehead atoms. The first-order valence-corrected chi connectivity index (χ1v) is 7.67. The van der Waals surface area contributed by atoms with Crippen LogP contribution in [0, 0.1) is 6.92 Å². The summed E-state index contributed by atoms with van der Waals surface area (Å²) in [6, 6.07) is 17.4. The van der Waals surface area contributed by atoms with Crippen LogP contribution in [0.1, 0.15) is 30.5 Å². The molecule has 21 heavy (non-hydrogen) atoms. The van der Waals surface area contributed by atoms with Gasteiger partial charge in [0, 0.05) is 30.9 Å². The second-order valence-corrected chi connectivity index (χ2v) is 6.66. The number of fused-ring (bicyclic) bond motifs is 1. The van der Waals surface area contributed by atoms with E-state index in [-0.39, 0.29) is 5.54 Å². The zero-order valence-electron chi connectivity index (χ0n) is 13.2. The van der Waals surface area contributed by atoms with Gasteiger partial charge in [-0.05, 0) is 37.5 Å². The number of hydrogen-bond acceptors (Lipinski definition) is 2. The van der Waals surface area contributed by atoms with Crippen LogP contribution in [0.25, 0.3) is 0 Å². The van der Waals surface area contributed by atoms with E-state index in [1.54, 1.807) is 0 Å². The van der Waals surface area contributed by atoms with Crippen molar-refractivity contribution in [3.05, 3.63) is 65.2 Å². The maximum absolute atomic E-state index is 3.68. The van der Waals surface area contributed by atoms with Crippen LogP contribution >= 0.6 is 0 Å². The minimum atomic E-state index is 0.111. The molecule has 0 aliphatic carbocycles. The van der Waals surface area contributed by atoms with Crippen LogP contribution in [0.4, 0.5) is 5.69 Å².